The Labute approximate surface area is 146 Å². The zero-order chi connectivity index (χ0) is 16.9. The van der Waals surface area contributed by atoms with Gasteiger partial charge in [0.05, 0.1) is 19.8 Å². The molecular weight excluding hydrogens is 304 g/mol. The molecule has 1 unspecified atom stereocenters. The zero-order valence-electron chi connectivity index (χ0n) is 15.0. The minimum atomic E-state index is 0.172. The average Bonchev–Trinajstić information content (AvgIpc) is 2.99. The van der Waals surface area contributed by atoms with Crippen molar-refractivity contribution in [3.63, 3.8) is 0 Å². The molecule has 3 heterocycles. The number of hydrogen-bond acceptors (Lipinski definition) is 4. The van der Waals surface area contributed by atoms with Crippen molar-refractivity contribution < 1.29 is 14.3 Å². The Morgan fingerprint density at radius 1 is 1.33 bits per heavy atom. The van der Waals surface area contributed by atoms with Gasteiger partial charge >= 0.3 is 0 Å². The lowest BCUT2D eigenvalue weighted by Crippen LogP contribution is -2.50. The summed E-state index contributed by atoms with van der Waals surface area (Å²) < 4.78 is 11.3. The third kappa shape index (κ3) is 4.19. The maximum Gasteiger partial charge on any atom is 0.225 e. The minimum Gasteiger partial charge on any atom is -0.381 e. The van der Waals surface area contributed by atoms with Crippen LogP contribution in [-0.2, 0) is 14.3 Å². The number of ether oxygens (including phenoxy) is 2. The molecule has 3 saturated heterocycles. The zero-order valence-corrected chi connectivity index (χ0v) is 15.0. The molecule has 0 aliphatic carbocycles. The molecule has 0 bridgehead atoms. The highest BCUT2D eigenvalue weighted by molar-refractivity contribution is 5.79. The lowest BCUT2D eigenvalue weighted by atomic mass is 9.75. The topological polar surface area (TPSA) is 42.0 Å². The molecule has 3 aliphatic heterocycles. The summed E-state index contributed by atoms with van der Waals surface area (Å²) in [6.45, 7) is 11.0. The molecule has 24 heavy (non-hydrogen) atoms. The van der Waals surface area contributed by atoms with E-state index in [-0.39, 0.29) is 5.92 Å². The maximum absolute atomic E-state index is 12.7. The van der Waals surface area contributed by atoms with Crippen LogP contribution in [0.3, 0.4) is 0 Å². The monoisotopic (exact) mass is 336 g/mol. The Morgan fingerprint density at radius 3 is 2.92 bits per heavy atom. The summed E-state index contributed by atoms with van der Waals surface area (Å²) in [5.74, 6) is 2.10. The van der Waals surface area contributed by atoms with Gasteiger partial charge in [-0.2, -0.15) is 0 Å². The Kier molecular flexibility index (Phi) is 6.31. The van der Waals surface area contributed by atoms with Crippen LogP contribution in [0, 0.1) is 23.7 Å². The van der Waals surface area contributed by atoms with Crippen molar-refractivity contribution in [1.82, 2.24) is 9.80 Å². The first-order valence-electron chi connectivity index (χ1n) is 9.42. The van der Waals surface area contributed by atoms with Crippen LogP contribution in [0.2, 0.25) is 0 Å². The van der Waals surface area contributed by atoms with Crippen molar-refractivity contribution in [3.05, 3.63) is 12.7 Å². The molecule has 3 fully saturated rings. The molecule has 3 rings (SSSR count). The van der Waals surface area contributed by atoms with Crippen molar-refractivity contribution in [2.75, 3.05) is 59.7 Å². The SMILES string of the molecule is C=CCOC[C@@H]1CN(C)C(=O)[C@@H]2CCN(CC3CCOC3)CC[C@H]12. The number of piperidine rings is 1. The highest BCUT2D eigenvalue weighted by Crippen LogP contribution is 2.36. The second-order valence-corrected chi connectivity index (χ2v) is 7.68. The lowest BCUT2D eigenvalue weighted by molar-refractivity contribution is -0.144. The molecule has 136 valence electrons. The molecule has 1 amide bonds. The smallest absolute Gasteiger partial charge is 0.225 e. The van der Waals surface area contributed by atoms with E-state index < -0.39 is 0 Å². The van der Waals surface area contributed by atoms with Crippen LogP contribution in [0.25, 0.3) is 0 Å². The number of amides is 1. The Morgan fingerprint density at radius 2 is 2.17 bits per heavy atom. The first-order valence-corrected chi connectivity index (χ1v) is 9.42. The summed E-state index contributed by atoms with van der Waals surface area (Å²) in [6, 6.07) is 0. The van der Waals surface area contributed by atoms with Gasteiger partial charge in [-0.05, 0) is 44.2 Å². The maximum atomic E-state index is 12.7. The van der Waals surface area contributed by atoms with Gasteiger partial charge < -0.3 is 19.3 Å². The van der Waals surface area contributed by atoms with Gasteiger partial charge in [0.25, 0.3) is 0 Å². The van der Waals surface area contributed by atoms with E-state index in [9.17, 15) is 4.79 Å². The molecule has 0 saturated carbocycles. The number of hydrogen-bond donors (Lipinski definition) is 0. The van der Waals surface area contributed by atoms with Gasteiger partial charge in [-0.3, -0.25) is 4.79 Å². The van der Waals surface area contributed by atoms with Gasteiger partial charge in [-0.1, -0.05) is 6.08 Å². The molecule has 3 aliphatic rings. The van der Waals surface area contributed by atoms with E-state index in [2.05, 4.69) is 11.5 Å². The number of nitrogens with zero attached hydrogens (tertiary/aromatic N) is 2. The predicted molar refractivity (Wildman–Crippen MR) is 93.7 cm³/mol. The van der Waals surface area contributed by atoms with Crippen LogP contribution in [0.4, 0.5) is 0 Å². The van der Waals surface area contributed by atoms with Gasteiger partial charge in [-0.25, -0.2) is 0 Å². The second kappa shape index (κ2) is 8.45. The fraction of sp³-hybridized carbons (Fsp3) is 0.842. The molecule has 0 radical (unpaired) electrons. The minimum absolute atomic E-state index is 0.172. The molecular formula is C19H32N2O3. The molecule has 0 aromatic carbocycles. The standard InChI is InChI=1S/C19H32N2O3/c1-3-9-23-14-16-12-20(2)19(22)18-5-8-21(7-4-17(16)18)11-15-6-10-24-13-15/h3,15-18H,1,4-14H2,2H3/t15?,16-,17+,18+/m0/s1. The molecule has 4 atom stereocenters. The van der Waals surface area contributed by atoms with Gasteiger partial charge in [0.1, 0.15) is 0 Å². The summed E-state index contributed by atoms with van der Waals surface area (Å²) in [4.78, 5) is 17.2. The number of rotatable bonds is 6. The molecule has 0 aromatic rings. The summed E-state index contributed by atoms with van der Waals surface area (Å²) >= 11 is 0. The molecule has 0 aromatic heterocycles. The van der Waals surface area contributed by atoms with E-state index in [0.29, 0.717) is 30.3 Å². The average molecular weight is 336 g/mol. The first kappa shape index (κ1) is 17.9. The van der Waals surface area contributed by atoms with E-state index in [1.807, 2.05) is 11.9 Å². The van der Waals surface area contributed by atoms with E-state index in [0.717, 1.165) is 58.8 Å². The number of carbonyl (C=O) groups excluding carboxylic acids is 1. The van der Waals surface area contributed by atoms with E-state index in [1.165, 1.54) is 6.42 Å². The number of fused-ring (bicyclic) bond motifs is 1. The molecule has 0 N–H and O–H groups in total. The Balaban J connectivity index is 1.61. The van der Waals surface area contributed by atoms with Gasteiger partial charge in [0.2, 0.25) is 5.91 Å². The summed E-state index contributed by atoms with van der Waals surface area (Å²) in [5.41, 5.74) is 0. The molecule has 0 spiro atoms. The van der Waals surface area contributed by atoms with Gasteiger partial charge in [0.15, 0.2) is 0 Å². The summed E-state index contributed by atoms with van der Waals surface area (Å²) in [6.07, 6.45) is 5.08. The Bertz CT molecular complexity index is 436. The van der Waals surface area contributed by atoms with Crippen LogP contribution in [-0.4, -0.2) is 75.4 Å². The summed E-state index contributed by atoms with van der Waals surface area (Å²) in [7, 11) is 1.94. The second-order valence-electron chi connectivity index (χ2n) is 7.68. The third-order valence-corrected chi connectivity index (χ3v) is 5.97. The van der Waals surface area contributed by atoms with Crippen LogP contribution in [0.1, 0.15) is 19.3 Å². The largest absolute Gasteiger partial charge is 0.381 e. The van der Waals surface area contributed by atoms with Crippen LogP contribution in [0.5, 0.6) is 0 Å². The van der Waals surface area contributed by atoms with Gasteiger partial charge in [-0.15, -0.1) is 6.58 Å². The number of carbonyl (C=O) groups is 1. The highest BCUT2D eigenvalue weighted by Gasteiger charge is 2.42. The van der Waals surface area contributed by atoms with Crippen LogP contribution >= 0.6 is 0 Å². The van der Waals surface area contributed by atoms with Crippen molar-refractivity contribution in [1.29, 1.82) is 0 Å². The third-order valence-electron chi connectivity index (χ3n) is 5.97. The Hall–Kier alpha value is -0.910. The fourth-order valence-electron chi connectivity index (χ4n) is 4.67. The number of likely N-dealkylation sites (tertiary alicyclic amines) is 2. The van der Waals surface area contributed by atoms with E-state index in [4.69, 9.17) is 9.47 Å². The quantitative estimate of drug-likeness (QED) is 0.546. The van der Waals surface area contributed by atoms with Crippen molar-refractivity contribution in [3.8, 4) is 0 Å². The first-order chi connectivity index (χ1) is 11.7. The van der Waals surface area contributed by atoms with Crippen molar-refractivity contribution in [2.45, 2.75) is 19.3 Å². The predicted octanol–water partition coefficient (Wildman–Crippen LogP) is 1.64. The van der Waals surface area contributed by atoms with Crippen LogP contribution in [0.15, 0.2) is 12.7 Å². The van der Waals surface area contributed by atoms with Crippen molar-refractivity contribution >= 4 is 5.91 Å². The van der Waals surface area contributed by atoms with E-state index in [1.54, 1.807) is 6.08 Å². The van der Waals surface area contributed by atoms with Crippen molar-refractivity contribution in [2.24, 2.45) is 23.7 Å². The normalized spacial score (nSPS) is 34.9. The van der Waals surface area contributed by atoms with Crippen LogP contribution < -0.4 is 0 Å². The molecule has 5 nitrogen and oxygen atoms in total. The summed E-state index contributed by atoms with van der Waals surface area (Å²) in [5, 5.41) is 0. The van der Waals surface area contributed by atoms with Gasteiger partial charge in [0, 0.05) is 38.6 Å². The molecule has 5 heteroatoms. The van der Waals surface area contributed by atoms with E-state index >= 15 is 0 Å². The highest BCUT2D eigenvalue weighted by atomic mass is 16.5. The lowest BCUT2D eigenvalue weighted by Gasteiger charge is -2.41. The fourth-order valence-corrected chi connectivity index (χ4v) is 4.67.